The van der Waals surface area contributed by atoms with Crippen molar-refractivity contribution in [2.75, 3.05) is 20.8 Å². The van der Waals surface area contributed by atoms with Crippen molar-refractivity contribution in [3.63, 3.8) is 0 Å². The smallest absolute Gasteiger partial charge is 0.295 e. The Morgan fingerprint density at radius 1 is 1.06 bits per heavy atom. The second-order valence-corrected chi connectivity index (χ2v) is 7.62. The Kier molecular flexibility index (Phi) is 6.44. The molecule has 1 saturated heterocycles. The summed E-state index contributed by atoms with van der Waals surface area (Å²) in [6.07, 6.45) is 5.83. The second kappa shape index (κ2) is 9.60. The summed E-state index contributed by atoms with van der Waals surface area (Å²) in [6.45, 7) is 0.947. The molecule has 33 heavy (non-hydrogen) atoms. The van der Waals surface area contributed by atoms with Gasteiger partial charge in [0, 0.05) is 42.7 Å². The molecule has 1 aliphatic heterocycles. The first kappa shape index (κ1) is 22.1. The number of aryl methyl sites for hydroxylation is 1. The number of aliphatic hydroxyl groups is 1. The first-order chi connectivity index (χ1) is 16.0. The van der Waals surface area contributed by atoms with E-state index in [1.54, 1.807) is 62.1 Å². The molecular weight excluding hydrogens is 422 g/mol. The van der Waals surface area contributed by atoms with Gasteiger partial charge in [0.15, 0.2) is 0 Å². The number of rotatable bonds is 8. The van der Waals surface area contributed by atoms with Gasteiger partial charge < -0.3 is 24.0 Å². The lowest BCUT2D eigenvalue weighted by atomic mass is 9.94. The van der Waals surface area contributed by atoms with Crippen LogP contribution in [0.15, 0.2) is 72.8 Å². The standard InChI is InChI=1S/C25H25N3O5/c1-32-18-9-10-19(20(15-18)33-2)22-21(23(29)17-7-4-3-5-8-17)24(30)25(31)28(22)13-6-12-27-14-11-26-16-27/h3-5,7-11,14-16,22,29H,6,12-13H2,1-2H3. The van der Waals surface area contributed by atoms with Crippen LogP contribution in [0.5, 0.6) is 11.5 Å². The molecule has 8 heteroatoms. The number of Topliss-reactive ketones (excluding diaryl/α,β-unsaturated/α-hetero) is 1. The number of carbonyl (C=O) groups is 2. The summed E-state index contributed by atoms with van der Waals surface area (Å²) in [5.74, 6) is -0.549. The molecule has 2 heterocycles. The van der Waals surface area contributed by atoms with Gasteiger partial charge in [-0.25, -0.2) is 4.98 Å². The molecule has 2 aromatic carbocycles. The van der Waals surface area contributed by atoms with E-state index >= 15 is 0 Å². The highest BCUT2D eigenvalue weighted by Crippen LogP contribution is 2.43. The molecule has 1 aromatic heterocycles. The minimum atomic E-state index is -0.797. The van der Waals surface area contributed by atoms with E-state index < -0.39 is 17.7 Å². The fourth-order valence-electron chi connectivity index (χ4n) is 4.07. The van der Waals surface area contributed by atoms with Crippen LogP contribution < -0.4 is 9.47 Å². The Hall–Kier alpha value is -4.07. The monoisotopic (exact) mass is 447 g/mol. The van der Waals surface area contributed by atoms with Gasteiger partial charge in [0.1, 0.15) is 17.3 Å². The number of imidazole rings is 1. The van der Waals surface area contributed by atoms with Gasteiger partial charge in [-0.2, -0.15) is 0 Å². The molecule has 1 atom stereocenters. The number of methoxy groups -OCH3 is 2. The third kappa shape index (κ3) is 4.32. The Morgan fingerprint density at radius 3 is 2.52 bits per heavy atom. The highest BCUT2D eigenvalue weighted by atomic mass is 16.5. The van der Waals surface area contributed by atoms with Crippen molar-refractivity contribution >= 4 is 17.4 Å². The van der Waals surface area contributed by atoms with Crippen LogP contribution in [0.2, 0.25) is 0 Å². The van der Waals surface area contributed by atoms with Crippen molar-refractivity contribution in [3.8, 4) is 11.5 Å². The Labute approximate surface area is 191 Å². The average molecular weight is 447 g/mol. The van der Waals surface area contributed by atoms with Gasteiger partial charge in [-0.3, -0.25) is 9.59 Å². The summed E-state index contributed by atoms with van der Waals surface area (Å²) in [5, 5.41) is 11.1. The normalized spacial score (nSPS) is 17.4. The van der Waals surface area contributed by atoms with Crippen LogP contribution in [-0.2, 0) is 16.1 Å². The van der Waals surface area contributed by atoms with Crippen LogP contribution in [0.25, 0.3) is 5.76 Å². The molecule has 1 aliphatic rings. The summed E-state index contributed by atoms with van der Waals surface area (Å²) in [4.78, 5) is 31.8. The van der Waals surface area contributed by atoms with Crippen LogP contribution in [0.1, 0.15) is 23.6 Å². The van der Waals surface area contributed by atoms with Crippen LogP contribution >= 0.6 is 0 Å². The quantitative estimate of drug-likeness (QED) is 0.323. The number of hydrogen-bond acceptors (Lipinski definition) is 6. The number of nitrogens with zero attached hydrogens (tertiary/aromatic N) is 3. The van der Waals surface area contributed by atoms with E-state index in [4.69, 9.17) is 9.47 Å². The van der Waals surface area contributed by atoms with Crippen LogP contribution in [0.4, 0.5) is 0 Å². The zero-order valence-corrected chi connectivity index (χ0v) is 18.5. The molecule has 0 radical (unpaired) electrons. The third-order valence-electron chi connectivity index (χ3n) is 5.70. The lowest BCUT2D eigenvalue weighted by Gasteiger charge is -2.27. The number of aromatic nitrogens is 2. The van der Waals surface area contributed by atoms with Crippen molar-refractivity contribution in [2.45, 2.75) is 19.0 Å². The van der Waals surface area contributed by atoms with Gasteiger partial charge in [-0.1, -0.05) is 30.3 Å². The number of ether oxygens (including phenoxy) is 2. The summed E-state index contributed by atoms with van der Waals surface area (Å²) in [6, 6.07) is 13.1. The maximum absolute atomic E-state index is 13.1. The topological polar surface area (TPSA) is 93.9 Å². The Balaban J connectivity index is 1.78. The van der Waals surface area contributed by atoms with Gasteiger partial charge in [-0.05, 0) is 18.6 Å². The minimum absolute atomic E-state index is 0.0392. The zero-order valence-electron chi connectivity index (χ0n) is 18.5. The maximum atomic E-state index is 13.1. The minimum Gasteiger partial charge on any atom is -0.507 e. The Bertz CT molecular complexity index is 1170. The summed E-state index contributed by atoms with van der Waals surface area (Å²) in [7, 11) is 3.06. The molecule has 0 saturated carbocycles. The molecule has 0 spiro atoms. The first-order valence-electron chi connectivity index (χ1n) is 10.6. The number of ketones is 1. The molecule has 0 aliphatic carbocycles. The van der Waals surface area contributed by atoms with Crippen molar-refractivity contribution in [2.24, 2.45) is 0 Å². The number of hydrogen-bond donors (Lipinski definition) is 1. The van der Waals surface area contributed by atoms with Gasteiger partial charge in [0.25, 0.3) is 11.7 Å². The molecule has 170 valence electrons. The van der Waals surface area contributed by atoms with Gasteiger partial charge in [0.2, 0.25) is 0 Å². The van der Waals surface area contributed by atoms with E-state index in [2.05, 4.69) is 4.98 Å². The fraction of sp³-hybridized carbons (Fsp3) is 0.240. The highest BCUT2D eigenvalue weighted by molar-refractivity contribution is 6.46. The number of carbonyl (C=O) groups excluding carboxylic acids is 2. The molecule has 1 N–H and O–H groups in total. The highest BCUT2D eigenvalue weighted by Gasteiger charge is 2.46. The summed E-state index contributed by atoms with van der Waals surface area (Å²) >= 11 is 0. The van der Waals surface area contributed by atoms with Crippen LogP contribution in [0, 0.1) is 0 Å². The maximum Gasteiger partial charge on any atom is 0.295 e. The van der Waals surface area contributed by atoms with Gasteiger partial charge in [-0.15, -0.1) is 0 Å². The predicted octanol–water partition coefficient (Wildman–Crippen LogP) is 3.41. The van der Waals surface area contributed by atoms with E-state index in [0.717, 1.165) is 0 Å². The SMILES string of the molecule is COc1ccc(C2C(=C(O)c3ccccc3)C(=O)C(=O)N2CCCn2ccnc2)c(OC)c1. The van der Waals surface area contributed by atoms with E-state index in [9.17, 15) is 14.7 Å². The fourth-order valence-corrected chi connectivity index (χ4v) is 4.07. The molecule has 4 rings (SSSR count). The Morgan fingerprint density at radius 2 is 1.85 bits per heavy atom. The van der Waals surface area contributed by atoms with E-state index in [-0.39, 0.29) is 11.3 Å². The van der Waals surface area contributed by atoms with Crippen molar-refractivity contribution in [3.05, 3.63) is 84.0 Å². The summed E-state index contributed by atoms with van der Waals surface area (Å²) < 4.78 is 12.8. The number of amides is 1. The van der Waals surface area contributed by atoms with Crippen LogP contribution in [0.3, 0.4) is 0 Å². The lowest BCUT2D eigenvalue weighted by molar-refractivity contribution is -0.140. The average Bonchev–Trinajstić information content (AvgIpc) is 3.46. The molecule has 1 amide bonds. The zero-order chi connectivity index (χ0) is 23.4. The van der Waals surface area contributed by atoms with Crippen LogP contribution in [-0.4, -0.2) is 52.0 Å². The largest absolute Gasteiger partial charge is 0.507 e. The van der Waals surface area contributed by atoms with E-state index in [1.165, 1.54) is 12.0 Å². The molecular formula is C25H25N3O5. The molecule has 0 bridgehead atoms. The number of aliphatic hydroxyl groups excluding tert-OH is 1. The number of benzene rings is 2. The van der Waals surface area contributed by atoms with Crippen molar-refractivity contribution in [1.29, 1.82) is 0 Å². The summed E-state index contributed by atoms with van der Waals surface area (Å²) in [5.41, 5.74) is 1.10. The molecule has 1 unspecified atom stereocenters. The first-order valence-corrected chi connectivity index (χ1v) is 10.6. The molecule has 1 fully saturated rings. The van der Waals surface area contributed by atoms with Crippen molar-refractivity contribution < 1.29 is 24.2 Å². The predicted molar refractivity (Wildman–Crippen MR) is 122 cm³/mol. The van der Waals surface area contributed by atoms with Gasteiger partial charge >= 0.3 is 0 Å². The third-order valence-corrected chi connectivity index (χ3v) is 5.70. The molecule has 8 nitrogen and oxygen atoms in total. The number of likely N-dealkylation sites (tertiary alicyclic amines) is 1. The second-order valence-electron chi connectivity index (χ2n) is 7.62. The van der Waals surface area contributed by atoms with E-state index in [0.29, 0.717) is 42.1 Å². The molecule has 3 aromatic rings. The van der Waals surface area contributed by atoms with E-state index in [1.807, 2.05) is 16.8 Å². The lowest BCUT2D eigenvalue weighted by Crippen LogP contribution is -2.31. The van der Waals surface area contributed by atoms with Crippen molar-refractivity contribution in [1.82, 2.24) is 14.5 Å². The van der Waals surface area contributed by atoms with Gasteiger partial charge in [0.05, 0.1) is 32.2 Å².